The highest BCUT2D eigenvalue weighted by Gasteiger charge is 2.35. The van der Waals surface area contributed by atoms with E-state index in [4.69, 9.17) is 4.99 Å². The van der Waals surface area contributed by atoms with Crippen molar-refractivity contribution < 1.29 is 0 Å². The number of nitrogens with zero attached hydrogens (tertiary/aromatic N) is 2. The summed E-state index contributed by atoms with van der Waals surface area (Å²) in [5.41, 5.74) is 3.28. The fraction of sp³-hybridized carbons (Fsp3) is 0.955. The zero-order valence-corrected chi connectivity index (χ0v) is 19.1. The van der Waals surface area contributed by atoms with Gasteiger partial charge in [0.1, 0.15) is 5.58 Å². The van der Waals surface area contributed by atoms with Crippen molar-refractivity contribution in [3.8, 4) is 0 Å². The molecule has 2 saturated carbocycles. The second-order valence-electron chi connectivity index (χ2n) is 9.68. The van der Waals surface area contributed by atoms with Crippen LogP contribution in [0.4, 0.5) is 0 Å². The first-order valence-corrected chi connectivity index (χ1v) is 12.6. The second kappa shape index (κ2) is 11.0. The fourth-order valence-electron chi connectivity index (χ4n) is 4.46. The molecule has 0 aliphatic heterocycles. The molecule has 0 atom stereocenters. The molecule has 0 spiro atoms. The van der Waals surface area contributed by atoms with E-state index >= 15 is 0 Å². The van der Waals surface area contributed by atoms with Gasteiger partial charge in [0.05, 0.1) is 5.54 Å². The molecular formula is C22H44N3P. The highest BCUT2D eigenvalue weighted by atomic mass is 31.1. The molecule has 0 heterocycles. The molecule has 1 N–H and O–H groups in total. The average Bonchev–Trinajstić information content (AvgIpc) is 2.59. The minimum atomic E-state index is -0.131. The van der Waals surface area contributed by atoms with Gasteiger partial charge in [0.15, 0.2) is 0 Å². The Morgan fingerprint density at radius 1 is 0.923 bits per heavy atom. The van der Waals surface area contributed by atoms with E-state index < -0.39 is 0 Å². The molecule has 0 aromatic rings. The van der Waals surface area contributed by atoms with Crippen LogP contribution in [0.1, 0.15) is 91.4 Å². The van der Waals surface area contributed by atoms with Crippen LogP contribution in [0.3, 0.4) is 0 Å². The van der Waals surface area contributed by atoms with Crippen molar-refractivity contribution in [3.05, 3.63) is 0 Å². The van der Waals surface area contributed by atoms with Crippen LogP contribution < -0.4 is 5.32 Å². The summed E-state index contributed by atoms with van der Waals surface area (Å²) in [5, 5.41) is 3.88. The highest BCUT2D eigenvalue weighted by Crippen LogP contribution is 2.56. The third-order valence-electron chi connectivity index (χ3n) is 5.69. The van der Waals surface area contributed by atoms with Gasteiger partial charge >= 0.3 is 0 Å². The van der Waals surface area contributed by atoms with Crippen molar-refractivity contribution in [1.82, 2.24) is 10.2 Å². The van der Waals surface area contributed by atoms with E-state index in [0.29, 0.717) is 0 Å². The standard InChI is InChI=1S/C22H44N3P/c1-22(2,3)24-21(23-17-12-18-25(4)5)26(19-13-8-6-9-14-19)20-15-10-7-11-16-20/h19-20H,6-18H2,1-5H3,(H,23,24). The molecule has 0 radical (unpaired) electrons. The topological polar surface area (TPSA) is 27.6 Å². The average molecular weight is 382 g/mol. The fourth-order valence-corrected chi connectivity index (χ4v) is 8.31. The molecule has 4 heteroatoms. The molecule has 26 heavy (non-hydrogen) atoms. The number of hydrogen-bond acceptors (Lipinski definition) is 2. The SMILES string of the molecule is CN(C)CCCN/C(=N/C(C)(C)C)P(C1CCCCC1)C1CCCCC1. The number of amidine groups is 1. The summed E-state index contributed by atoms with van der Waals surface area (Å²) in [4.78, 5) is 7.58. The highest BCUT2D eigenvalue weighted by molar-refractivity contribution is 7.76. The van der Waals surface area contributed by atoms with Crippen molar-refractivity contribution in [1.29, 1.82) is 0 Å². The molecule has 152 valence electrons. The number of rotatable bonds is 7. The Morgan fingerprint density at radius 2 is 1.42 bits per heavy atom. The second-order valence-corrected chi connectivity index (χ2v) is 12.4. The smallest absolute Gasteiger partial charge is 0.120 e. The van der Waals surface area contributed by atoms with Gasteiger partial charge in [-0.3, -0.25) is 4.99 Å². The van der Waals surface area contributed by atoms with Gasteiger partial charge in [-0.25, -0.2) is 0 Å². The van der Waals surface area contributed by atoms with E-state index in [1.807, 2.05) is 0 Å². The molecule has 2 aliphatic rings. The zero-order chi connectivity index (χ0) is 19.0. The van der Waals surface area contributed by atoms with Gasteiger partial charge in [0, 0.05) is 6.54 Å². The Hall–Kier alpha value is -0.140. The Morgan fingerprint density at radius 3 is 1.85 bits per heavy atom. The van der Waals surface area contributed by atoms with E-state index in [-0.39, 0.29) is 13.5 Å². The van der Waals surface area contributed by atoms with Crippen molar-refractivity contribution in [2.75, 3.05) is 27.2 Å². The quantitative estimate of drug-likeness (QED) is 0.260. The summed E-state index contributed by atoms with van der Waals surface area (Å²) in [6.07, 6.45) is 15.7. The number of aliphatic imine (C=N–C) groups is 1. The van der Waals surface area contributed by atoms with E-state index in [9.17, 15) is 0 Å². The van der Waals surface area contributed by atoms with Gasteiger partial charge in [-0.05, 0) is 92.8 Å². The predicted octanol–water partition coefficient (Wildman–Crippen LogP) is 5.83. The van der Waals surface area contributed by atoms with E-state index in [1.165, 1.54) is 76.2 Å². The third-order valence-corrected chi connectivity index (χ3v) is 9.04. The lowest BCUT2D eigenvalue weighted by atomic mass is 9.99. The van der Waals surface area contributed by atoms with Crippen LogP contribution in [0, 0.1) is 0 Å². The van der Waals surface area contributed by atoms with Crippen molar-refractivity contribution in [2.45, 2.75) is 108 Å². The van der Waals surface area contributed by atoms with Crippen LogP contribution >= 0.6 is 7.92 Å². The molecule has 2 aliphatic carbocycles. The molecule has 0 aromatic carbocycles. The summed E-state index contributed by atoms with van der Waals surface area (Å²) in [7, 11) is 4.20. The predicted molar refractivity (Wildman–Crippen MR) is 119 cm³/mol. The van der Waals surface area contributed by atoms with Crippen LogP contribution in [-0.4, -0.2) is 54.5 Å². The number of nitrogens with one attached hydrogen (secondary N) is 1. The van der Waals surface area contributed by atoms with Crippen molar-refractivity contribution >= 4 is 13.5 Å². The monoisotopic (exact) mass is 381 g/mol. The van der Waals surface area contributed by atoms with E-state index in [1.54, 1.807) is 0 Å². The molecule has 2 fully saturated rings. The lowest BCUT2D eigenvalue weighted by Gasteiger charge is -2.40. The van der Waals surface area contributed by atoms with Crippen LogP contribution in [-0.2, 0) is 0 Å². The summed E-state index contributed by atoms with van der Waals surface area (Å²) < 4.78 is 0. The van der Waals surface area contributed by atoms with Crippen LogP contribution in [0.25, 0.3) is 0 Å². The summed E-state index contributed by atoms with van der Waals surface area (Å²) in [6.45, 7) is 9.03. The van der Waals surface area contributed by atoms with Crippen LogP contribution in [0.15, 0.2) is 4.99 Å². The zero-order valence-electron chi connectivity index (χ0n) is 18.2. The Balaban J connectivity index is 2.16. The Bertz CT molecular complexity index is 398. The van der Waals surface area contributed by atoms with Gasteiger partial charge in [-0.1, -0.05) is 38.5 Å². The van der Waals surface area contributed by atoms with Gasteiger partial charge in [0.2, 0.25) is 0 Å². The molecular weight excluding hydrogens is 337 g/mol. The third kappa shape index (κ3) is 7.85. The first-order valence-electron chi connectivity index (χ1n) is 11.1. The minimum absolute atomic E-state index is 0.0216. The van der Waals surface area contributed by atoms with Crippen molar-refractivity contribution in [2.24, 2.45) is 4.99 Å². The summed E-state index contributed by atoms with van der Waals surface area (Å²) in [6, 6.07) is 0. The van der Waals surface area contributed by atoms with Gasteiger partial charge in [-0.2, -0.15) is 0 Å². The maximum Gasteiger partial charge on any atom is 0.120 e. The summed E-state index contributed by atoms with van der Waals surface area (Å²) in [5.74, 6) is 0. The molecule has 0 amide bonds. The number of hydrogen-bond donors (Lipinski definition) is 1. The van der Waals surface area contributed by atoms with Crippen molar-refractivity contribution in [3.63, 3.8) is 0 Å². The first-order chi connectivity index (χ1) is 12.4. The lowest BCUT2D eigenvalue weighted by Crippen LogP contribution is -2.35. The molecule has 0 aromatic heterocycles. The largest absolute Gasteiger partial charge is 0.370 e. The Kier molecular flexibility index (Phi) is 9.38. The molecule has 0 saturated heterocycles. The molecule has 0 unspecified atom stereocenters. The van der Waals surface area contributed by atoms with Gasteiger partial charge in [-0.15, -0.1) is 0 Å². The van der Waals surface area contributed by atoms with E-state index in [2.05, 4.69) is 45.1 Å². The molecule has 0 bridgehead atoms. The maximum atomic E-state index is 5.30. The first kappa shape index (κ1) is 22.2. The summed E-state index contributed by atoms with van der Waals surface area (Å²) >= 11 is 0. The lowest BCUT2D eigenvalue weighted by molar-refractivity contribution is 0.400. The van der Waals surface area contributed by atoms with Crippen LogP contribution in [0.2, 0.25) is 0 Å². The maximum absolute atomic E-state index is 5.30. The minimum Gasteiger partial charge on any atom is -0.370 e. The Labute approximate surface area is 164 Å². The molecule has 3 nitrogen and oxygen atoms in total. The van der Waals surface area contributed by atoms with Gasteiger partial charge < -0.3 is 10.2 Å². The molecule has 2 rings (SSSR count). The van der Waals surface area contributed by atoms with E-state index in [0.717, 1.165) is 24.4 Å². The van der Waals surface area contributed by atoms with Crippen LogP contribution in [0.5, 0.6) is 0 Å². The normalized spacial score (nSPS) is 21.6. The van der Waals surface area contributed by atoms with Gasteiger partial charge in [0.25, 0.3) is 0 Å².